The summed E-state index contributed by atoms with van der Waals surface area (Å²) in [7, 11) is 0. The summed E-state index contributed by atoms with van der Waals surface area (Å²) in [5.41, 5.74) is 0.593. The molecule has 0 aromatic heterocycles. The van der Waals surface area contributed by atoms with E-state index in [1.54, 1.807) is 0 Å². The second-order valence-corrected chi connectivity index (χ2v) is 5.71. The minimum Gasteiger partial charge on any atom is -0.481 e. The van der Waals surface area contributed by atoms with Gasteiger partial charge in [-0.25, -0.2) is 4.79 Å². The molecule has 0 heterocycles. The molecule has 1 aromatic carbocycles. The van der Waals surface area contributed by atoms with E-state index in [2.05, 4.69) is 5.32 Å². The summed E-state index contributed by atoms with van der Waals surface area (Å²) < 4.78 is 0. The Bertz CT molecular complexity index is 664. The average Bonchev–Trinajstić information content (AvgIpc) is 3.08. The molecule has 4 atom stereocenters. The van der Waals surface area contributed by atoms with Crippen molar-refractivity contribution in [2.24, 2.45) is 23.7 Å². The van der Waals surface area contributed by atoms with Gasteiger partial charge in [0.05, 0.1) is 17.4 Å². The molecule has 2 bridgehead atoms. The van der Waals surface area contributed by atoms with Crippen LogP contribution in [0.5, 0.6) is 0 Å². The third kappa shape index (κ3) is 2.36. The predicted octanol–water partition coefficient (Wildman–Crippen LogP) is 1.85. The lowest BCUT2D eigenvalue weighted by molar-refractivity contribution is -0.146. The standard InChI is InChI=1S/C16H15NO5/c18-14(17-11-5-3-8(4-6-11)15(19)20)12-9-1-2-10(7-9)13(12)16(21)22/h1-6,9-10,12-13H,7H2,(H,17,18)(H,19,20)(H,21,22)/t9-,10-,12+,13+/m0/s1. The molecule has 0 spiro atoms. The Morgan fingerprint density at radius 2 is 1.55 bits per heavy atom. The number of anilines is 1. The van der Waals surface area contributed by atoms with Crippen LogP contribution < -0.4 is 5.32 Å². The first kappa shape index (κ1) is 14.3. The van der Waals surface area contributed by atoms with E-state index in [9.17, 15) is 19.5 Å². The zero-order valence-corrected chi connectivity index (χ0v) is 11.6. The molecule has 1 amide bonds. The lowest BCUT2D eigenvalue weighted by atomic mass is 9.82. The Labute approximate surface area is 126 Å². The van der Waals surface area contributed by atoms with Crippen molar-refractivity contribution in [1.29, 1.82) is 0 Å². The fourth-order valence-electron chi connectivity index (χ4n) is 3.44. The fourth-order valence-corrected chi connectivity index (χ4v) is 3.44. The van der Waals surface area contributed by atoms with Gasteiger partial charge in [0.2, 0.25) is 5.91 Å². The van der Waals surface area contributed by atoms with Gasteiger partial charge in [0.25, 0.3) is 0 Å². The molecule has 3 N–H and O–H groups in total. The maximum Gasteiger partial charge on any atom is 0.335 e. The van der Waals surface area contributed by atoms with Crippen LogP contribution in [0.4, 0.5) is 5.69 Å². The topological polar surface area (TPSA) is 104 Å². The van der Waals surface area contributed by atoms with Crippen LogP contribution in [0, 0.1) is 23.7 Å². The van der Waals surface area contributed by atoms with Gasteiger partial charge in [0, 0.05) is 5.69 Å². The number of carbonyl (C=O) groups excluding carboxylic acids is 1. The molecule has 6 heteroatoms. The molecule has 1 aromatic rings. The van der Waals surface area contributed by atoms with Gasteiger partial charge >= 0.3 is 11.9 Å². The number of rotatable bonds is 4. The van der Waals surface area contributed by atoms with Crippen molar-refractivity contribution in [2.45, 2.75) is 6.42 Å². The quantitative estimate of drug-likeness (QED) is 0.736. The van der Waals surface area contributed by atoms with Crippen molar-refractivity contribution in [2.75, 3.05) is 5.32 Å². The summed E-state index contributed by atoms with van der Waals surface area (Å²) in [6, 6.07) is 5.79. The van der Waals surface area contributed by atoms with Crippen LogP contribution in [-0.4, -0.2) is 28.1 Å². The van der Waals surface area contributed by atoms with Crippen LogP contribution in [-0.2, 0) is 9.59 Å². The van der Waals surface area contributed by atoms with Crippen LogP contribution in [0.2, 0.25) is 0 Å². The molecule has 114 valence electrons. The zero-order chi connectivity index (χ0) is 15.9. The molecule has 1 saturated carbocycles. The number of carboxylic acid groups (broad SMARTS) is 2. The molecule has 1 fully saturated rings. The van der Waals surface area contributed by atoms with Crippen molar-refractivity contribution in [3.63, 3.8) is 0 Å². The number of allylic oxidation sites excluding steroid dienone is 2. The number of fused-ring (bicyclic) bond motifs is 2. The summed E-state index contributed by atoms with van der Waals surface area (Å²) in [4.78, 5) is 34.6. The smallest absolute Gasteiger partial charge is 0.335 e. The number of nitrogens with one attached hydrogen (secondary N) is 1. The number of carboxylic acids is 2. The molecule has 0 radical (unpaired) electrons. The number of hydrogen-bond donors (Lipinski definition) is 3. The Hall–Kier alpha value is -2.63. The van der Waals surface area contributed by atoms with Crippen molar-refractivity contribution < 1.29 is 24.6 Å². The van der Waals surface area contributed by atoms with E-state index >= 15 is 0 Å². The van der Waals surface area contributed by atoms with Gasteiger partial charge in [-0.15, -0.1) is 0 Å². The summed E-state index contributed by atoms with van der Waals surface area (Å²) in [6.45, 7) is 0. The highest BCUT2D eigenvalue weighted by atomic mass is 16.4. The second kappa shape index (κ2) is 5.29. The average molecular weight is 301 g/mol. The van der Waals surface area contributed by atoms with Crippen LogP contribution in [0.15, 0.2) is 36.4 Å². The molecule has 0 aliphatic heterocycles. The third-order valence-corrected chi connectivity index (χ3v) is 4.45. The molecule has 6 nitrogen and oxygen atoms in total. The SMILES string of the molecule is O=C(O)c1ccc(NC(=O)[C@H]2[C@H](C(=O)O)[C@H]3C=C[C@H]2C3)cc1. The van der Waals surface area contributed by atoms with Crippen molar-refractivity contribution in [3.05, 3.63) is 42.0 Å². The van der Waals surface area contributed by atoms with Crippen LogP contribution in [0.25, 0.3) is 0 Å². The van der Waals surface area contributed by atoms with E-state index < -0.39 is 23.8 Å². The largest absolute Gasteiger partial charge is 0.481 e. The van der Waals surface area contributed by atoms with Gasteiger partial charge in [-0.1, -0.05) is 12.2 Å². The highest BCUT2D eigenvalue weighted by molar-refractivity contribution is 5.97. The number of aromatic carboxylic acids is 1. The molecule has 0 unspecified atom stereocenters. The molecule has 2 aliphatic carbocycles. The number of benzene rings is 1. The lowest BCUT2D eigenvalue weighted by Crippen LogP contribution is -2.36. The number of aliphatic carboxylic acids is 1. The first-order valence-electron chi connectivity index (χ1n) is 7.02. The fraction of sp³-hybridized carbons (Fsp3) is 0.312. The summed E-state index contributed by atoms with van der Waals surface area (Å²) >= 11 is 0. The lowest BCUT2D eigenvalue weighted by Gasteiger charge is -2.23. The zero-order valence-electron chi connectivity index (χ0n) is 11.6. The normalized spacial score (nSPS) is 28.5. The van der Waals surface area contributed by atoms with Gasteiger partial charge in [-0.05, 0) is 42.5 Å². The van der Waals surface area contributed by atoms with Gasteiger partial charge < -0.3 is 15.5 Å². The molecule has 0 saturated heterocycles. The van der Waals surface area contributed by atoms with Gasteiger partial charge in [0.15, 0.2) is 0 Å². The highest BCUT2D eigenvalue weighted by Crippen LogP contribution is 2.48. The van der Waals surface area contributed by atoms with Crippen LogP contribution >= 0.6 is 0 Å². The van der Waals surface area contributed by atoms with E-state index in [0.29, 0.717) is 12.1 Å². The molecule has 3 rings (SSSR count). The summed E-state index contributed by atoms with van der Waals surface area (Å²) in [6.07, 6.45) is 4.50. The molecular formula is C16H15NO5. The van der Waals surface area contributed by atoms with Crippen LogP contribution in [0.3, 0.4) is 0 Å². The maximum absolute atomic E-state index is 12.4. The molecule has 22 heavy (non-hydrogen) atoms. The minimum absolute atomic E-state index is 0.0376. The van der Waals surface area contributed by atoms with Crippen molar-refractivity contribution in [1.82, 2.24) is 0 Å². The Kier molecular flexibility index (Phi) is 3.44. The van der Waals surface area contributed by atoms with Gasteiger partial charge in [-0.3, -0.25) is 9.59 Å². The monoisotopic (exact) mass is 301 g/mol. The summed E-state index contributed by atoms with van der Waals surface area (Å²) in [5, 5.41) is 20.9. The van der Waals surface area contributed by atoms with E-state index in [0.717, 1.165) is 0 Å². The maximum atomic E-state index is 12.4. The Morgan fingerprint density at radius 1 is 0.955 bits per heavy atom. The van der Waals surface area contributed by atoms with Crippen molar-refractivity contribution in [3.8, 4) is 0 Å². The highest BCUT2D eigenvalue weighted by Gasteiger charge is 2.51. The molecular weight excluding hydrogens is 286 g/mol. The van der Waals surface area contributed by atoms with Crippen molar-refractivity contribution >= 4 is 23.5 Å². The summed E-state index contributed by atoms with van der Waals surface area (Å²) in [5.74, 6) is -3.69. The first-order chi connectivity index (χ1) is 10.5. The predicted molar refractivity (Wildman–Crippen MR) is 77.4 cm³/mol. The Balaban J connectivity index is 1.75. The van der Waals surface area contributed by atoms with Gasteiger partial charge in [-0.2, -0.15) is 0 Å². The van der Waals surface area contributed by atoms with E-state index in [-0.39, 0.29) is 23.3 Å². The van der Waals surface area contributed by atoms with Crippen LogP contribution in [0.1, 0.15) is 16.8 Å². The van der Waals surface area contributed by atoms with E-state index in [4.69, 9.17) is 5.11 Å². The first-order valence-corrected chi connectivity index (χ1v) is 7.02. The third-order valence-electron chi connectivity index (χ3n) is 4.45. The number of carbonyl (C=O) groups is 3. The van der Waals surface area contributed by atoms with Gasteiger partial charge in [0.1, 0.15) is 0 Å². The van der Waals surface area contributed by atoms with E-state index in [1.807, 2.05) is 12.2 Å². The van der Waals surface area contributed by atoms with E-state index in [1.165, 1.54) is 24.3 Å². The molecule has 2 aliphatic rings. The number of amides is 1. The Morgan fingerprint density at radius 3 is 2.09 bits per heavy atom. The number of hydrogen-bond acceptors (Lipinski definition) is 3. The second-order valence-electron chi connectivity index (χ2n) is 5.71. The minimum atomic E-state index is -1.04.